The van der Waals surface area contributed by atoms with Crippen molar-refractivity contribution in [3.05, 3.63) is 73.2 Å². The topological polar surface area (TPSA) is 67.7 Å². The zero-order valence-electron chi connectivity index (χ0n) is 16.5. The molecule has 0 unspecified atom stereocenters. The first-order valence-corrected chi connectivity index (χ1v) is 10.1. The molecule has 0 aliphatic carbocycles. The lowest BCUT2D eigenvalue weighted by molar-refractivity contribution is 0.771. The molecule has 2 aromatic heterocycles. The third-order valence-electron chi connectivity index (χ3n) is 5.78. The van der Waals surface area contributed by atoms with E-state index < -0.39 is 0 Å². The van der Waals surface area contributed by atoms with Crippen LogP contribution in [0, 0.1) is 0 Å². The highest BCUT2D eigenvalue weighted by atomic mass is 15.2. The summed E-state index contributed by atoms with van der Waals surface area (Å²) in [7, 11) is 0. The Labute approximate surface area is 174 Å². The maximum Gasteiger partial charge on any atom is 0.406 e. The fourth-order valence-electron chi connectivity index (χ4n) is 4.30. The van der Waals surface area contributed by atoms with Gasteiger partial charge < -0.3 is 15.0 Å². The van der Waals surface area contributed by atoms with E-state index in [0.29, 0.717) is 0 Å². The molecule has 30 heavy (non-hydrogen) atoms. The van der Waals surface area contributed by atoms with E-state index >= 15 is 0 Å². The second-order valence-electron chi connectivity index (χ2n) is 7.52. The molecule has 0 bridgehead atoms. The Morgan fingerprint density at radius 1 is 0.967 bits per heavy atom. The van der Waals surface area contributed by atoms with E-state index in [4.69, 9.17) is 0 Å². The van der Waals surface area contributed by atoms with Crippen molar-refractivity contribution < 1.29 is 0 Å². The van der Waals surface area contributed by atoms with Crippen LogP contribution in [0.1, 0.15) is 6.92 Å². The van der Waals surface area contributed by atoms with Gasteiger partial charge in [-0.2, -0.15) is 5.10 Å². The van der Waals surface area contributed by atoms with Gasteiger partial charge in [-0.1, -0.05) is 48.5 Å². The average molecular weight is 390 g/mol. The summed E-state index contributed by atoms with van der Waals surface area (Å²) in [6, 6.07) is 21.3. The Kier molecular flexibility index (Phi) is 3.74. The van der Waals surface area contributed by atoms with Crippen LogP contribution in [0.25, 0.3) is 33.1 Å². The van der Waals surface area contributed by atoms with Crippen LogP contribution in [-0.4, -0.2) is 26.7 Å². The summed E-state index contributed by atoms with van der Waals surface area (Å²) in [5, 5.41) is 18.3. The number of nitrogens with one attached hydrogen (secondary N) is 2. The highest BCUT2D eigenvalue weighted by Crippen LogP contribution is 2.34. The van der Waals surface area contributed by atoms with Gasteiger partial charge in [0.25, 0.3) is 0 Å². The number of aryl methyl sites for hydroxylation is 1. The van der Waals surface area contributed by atoms with Gasteiger partial charge >= 0.3 is 6.98 Å². The quantitative estimate of drug-likeness (QED) is 0.458. The Bertz CT molecular complexity index is 1370. The zero-order chi connectivity index (χ0) is 20.1. The number of anilines is 2. The average Bonchev–Trinajstić information content (AvgIpc) is 3.23. The highest BCUT2D eigenvalue weighted by molar-refractivity contribution is 6.80. The first-order chi connectivity index (χ1) is 14.8. The maximum atomic E-state index is 4.59. The second-order valence-corrected chi connectivity index (χ2v) is 7.52. The molecule has 144 valence electrons. The van der Waals surface area contributed by atoms with Crippen LogP contribution in [-0.2, 0) is 6.54 Å². The number of benzene rings is 3. The molecule has 0 spiro atoms. The molecule has 0 saturated carbocycles. The van der Waals surface area contributed by atoms with Crippen LogP contribution < -0.4 is 15.9 Å². The molecular formula is C23H19BN6. The van der Waals surface area contributed by atoms with Crippen LogP contribution in [0.4, 0.5) is 11.4 Å². The van der Waals surface area contributed by atoms with Crippen LogP contribution in [0.15, 0.2) is 73.2 Å². The van der Waals surface area contributed by atoms with Crippen LogP contribution in [0.2, 0.25) is 0 Å². The number of hydrogen-bond acceptors (Lipinski definition) is 5. The molecule has 2 N–H and O–H groups in total. The zero-order valence-corrected chi connectivity index (χ0v) is 16.5. The van der Waals surface area contributed by atoms with E-state index in [9.17, 15) is 0 Å². The molecule has 0 saturated heterocycles. The van der Waals surface area contributed by atoms with Crippen LogP contribution in [0.5, 0.6) is 0 Å². The number of aromatic nitrogens is 4. The van der Waals surface area contributed by atoms with E-state index in [1.807, 2.05) is 10.9 Å². The summed E-state index contributed by atoms with van der Waals surface area (Å²) >= 11 is 0. The highest BCUT2D eigenvalue weighted by Gasteiger charge is 2.25. The third kappa shape index (κ3) is 2.55. The minimum absolute atomic E-state index is 0.0241. The molecule has 0 amide bonds. The molecule has 6 nitrogen and oxygen atoms in total. The van der Waals surface area contributed by atoms with Crippen molar-refractivity contribution in [2.75, 3.05) is 10.5 Å². The maximum absolute atomic E-state index is 4.59. The molecular weight excluding hydrogens is 371 g/mol. The van der Waals surface area contributed by atoms with E-state index in [2.05, 4.69) is 93.2 Å². The number of rotatable bonds is 3. The first-order valence-electron chi connectivity index (χ1n) is 10.1. The van der Waals surface area contributed by atoms with E-state index in [-0.39, 0.29) is 6.98 Å². The van der Waals surface area contributed by atoms with Crippen LogP contribution >= 0.6 is 0 Å². The fourth-order valence-corrected chi connectivity index (χ4v) is 4.30. The number of hydrogen-bond donors (Lipinski definition) is 2. The number of nitrogens with zero attached hydrogens (tertiary/aromatic N) is 4. The second kappa shape index (κ2) is 6.59. The predicted molar refractivity (Wildman–Crippen MR) is 123 cm³/mol. The third-order valence-corrected chi connectivity index (χ3v) is 5.78. The smallest absolute Gasteiger partial charge is 0.405 e. The Morgan fingerprint density at radius 2 is 1.73 bits per heavy atom. The van der Waals surface area contributed by atoms with Crippen molar-refractivity contribution in [1.29, 1.82) is 0 Å². The Balaban J connectivity index is 1.42. The fraction of sp³-hybridized carbons (Fsp3) is 0.0870. The van der Waals surface area contributed by atoms with Crippen molar-refractivity contribution in [2.45, 2.75) is 13.5 Å². The van der Waals surface area contributed by atoms with Gasteiger partial charge in [0.1, 0.15) is 5.52 Å². The largest absolute Gasteiger partial charge is 0.406 e. The van der Waals surface area contributed by atoms with Crippen molar-refractivity contribution in [2.24, 2.45) is 0 Å². The molecule has 0 radical (unpaired) electrons. The van der Waals surface area contributed by atoms with Gasteiger partial charge in [0.05, 0.1) is 12.5 Å². The molecule has 0 atom stereocenters. The van der Waals surface area contributed by atoms with Crippen molar-refractivity contribution in [1.82, 2.24) is 19.7 Å². The first kappa shape index (κ1) is 17.0. The Hall–Kier alpha value is -3.87. The molecule has 7 heteroatoms. The molecule has 3 heterocycles. The van der Waals surface area contributed by atoms with Gasteiger partial charge in [0, 0.05) is 28.9 Å². The summed E-state index contributed by atoms with van der Waals surface area (Å²) in [5.74, 6) is 0. The van der Waals surface area contributed by atoms with Gasteiger partial charge in [-0.05, 0) is 35.5 Å². The van der Waals surface area contributed by atoms with Gasteiger partial charge in [-0.25, -0.2) is 4.98 Å². The summed E-state index contributed by atoms with van der Waals surface area (Å²) in [6.45, 7) is 2.87. The monoisotopic (exact) mass is 390 g/mol. The standard InChI is InChI=1S/C23H19BN6/c1-2-30-14-25-22-18(13-26-29-23(22)30)16-8-3-9-17(12-16)24-27-19-10-4-6-15-7-5-11-20(28-24)21(15)19/h3-14,27-28H,2H2,1H3. The van der Waals surface area contributed by atoms with E-state index in [0.717, 1.165) is 45.7 Å². The van der Waals surface area contributed by atoms with Crippen molar-refractivity contribution in [3.8, 4) is 11.1 Å². The molecule has 0 fully saturated rings. The summed E-state index contributed by atoms with van der Waals surface area (Å²) in [4.78, 5) is 4.59. The number of imidazole rings is 1. The lowest BCUT2D eigenvalue weighted by atomic mass is 9.65. The molecule has 6 rings (SSSR count). The van der Waals surface area contributed by atoms with Gasteiger partial charge in [-0.15, -0.1) is 5.10 Å². The van der Waals surface area contributed by atoms with Gasteiger partial charge in [-0.3, -0.25) is 0 Å². The van der Waals surface area contributed by atoms with E-state index in [1.165, 1.54) is 10.8 Å². The minimum Gasteiger partial charge on any atom is -0.405 e. The lowest BCUT2D eigenvalue weighted by Gasteiger charge is -2.27. The SMILES string of the molecule is CCn1cnc2c(-c3cccc(B4Nc5cccc6cccc(c56)N4)c3)cnnc21. The number of fused-ring (bicyclic) bond motifs is 1. The predicted octanol–water partition coefficient (Wildman–Crippen LogP) is 3.90. The summed E-state index contributed by atoms with van der Waals surface area (Å²) < 4.78 is 2.01. The van der Waals surface area contributed by atoms with Crippen LogP contribution in [0.3, 0.4) is 0 Å². The minimum atomic E-state index is -0.0241. The van der Waals surface area contributed by atoms with E-state index in [1.54, 1.807) is 6.20 Å². The summed E-state index contributed by atoms with van der Waals surface area (Å²) in [6.07, 6.45) is 3.63. The lowest BCUT2D eigenvalue weighted by Crippen LogP contribution is -2.47. The van der Waals surface area contributed by atoms with Gasteiger partial charge in [0.2, 0.25) is 0 Å². The Morgan fingerprint density at radius 3 is 2.50 bits per heavy atom. The van der Waals surface area contributed by atoms with Crippen molar-refractivity contribution >= 4 is 45.8 Å². The molecule has 3 aromatic carbocycles. The molecule has 1 aliphatic rings. The van der Waals surface area contributed by atoms with Crippen molar-refractivity contribution in [3.63, 3.8) is 0 Å². The van der Waals surface area contributed by atoms with Gasteiger partial charge in [0.15, 0.2) is 5.65 Å². The molecule has 1 aliphatic heterocycles. The summed E-state index contributed by atoms with van der Waals surface area (Å²) in [5.41, 5.74) is 7.21. The normalized spacial score (nSPS) is 12.8. The molecule has 5 aromatic rings.